The van der Waals surface area contributed by atoms with Gasteiger partial charge in [0.1, 0.15) is 11.3 Å². The quantitative estimate of drug-likeness (QED) is 0.492. The van der Waals surface area contributed by atoms with E-state index in [1.165, 1.54) is 29.4 Å². The normalized spacial score (nSPS) is 18.8. The number of hydrogen-bond acceptors (Lipinski definition) is 4. The van der Waals surface area contributed by atoms with Gasteiger partial charge in [-0.3, -0.25) is 9.78 Å². The number of carbonyl (C=O) groups is 1. The van der Waals surface area contributed by atoms with E-state index < -0.39 is 34.8 Å². The van der Waals surface area contributed by atoms with Gasteiger partial charge in [0.25, 0.3) is 5.91 Å². The number of pyridine rings is 1. The molecule has 0 unspecified atom stereocenters. The van der Waals surface area contributed by atoms with Gasteiger partial charge in [0, 0.05) is 24.5 Å². The van der Waals surface area contributed by atoms with Crippen molar-refractivity contribution in [3.05, 3.63) is 71.3 Å². The number of halogens is 5. The fraction of sp³-hybridized carbons (Fsp3) is 0.391. The van der Waals surface area contributed by atoms with Crippen LogP contribution in [0.2, 0.25) is 0 Å². The van der Waals surface area contributed by atoms with Gasteiger partial charge in [0.05, 0.1) is 18.0 Å². The minimum Gasteiger partial charge on any atom is -0.335 e. The maximum absolute atomic E-state index is 14.9. The lowest BCUT2D eigenvalue weighted by Gasteiger charge is -2.40. The molecule has 4 rings (SSSR count). The molecule has 0 bridgehead atoms. The zero-order valence-electron chi connectivity index (χ0n) is 18.3. The van der Waals surface area contributed by atoms with Gasteiger partial charge in [-0.15, -0.1) is 0 Å². The van der Waals surface area contributed by atoms with Crippen molar-refractivity contribution in [2.45, 2.75) is 44.8 Å². The van der Waals surface area contributed by atoms with Crippen molar-refractivity contribution in [1.29, 1.82) is 0 Å². The number of aryl methyl sites for hydroxylation is 1. The second kappa shape index (κ2) is 9.47. The Hall–Kier alpha value is -3.37. The van der Waals surface area contributed by atoms with Gasteiger partial charge in [-0.1, -0.05) is 6.92 Å². The molecule has 3 heterocycles. The molecule has 1 amide bonds. The number of benzene rings is 1. The summed E-state index contributed by atoms with van der Waals surface area (Å²) in [5.41, 5.74) is -0.810. The van der Waals surface area contributed by atoms with Crippen LogP contribution in [-0.4, -0.2) is 43.4 Å². The molecule has 6 nitrogen and oxygen atoms in total. The van der Waals surface area contributed by atoms with Gasteiger partial charge in [-0.2, -0.15) is 28.2 Å². The van der Waals surface area contributed by atoms with E-state index in [1.807, 2.05) is 6.92 Å². The van der Waals surface area contributed by atoms with Crippen molar-refractivity contribution in [3.63, 3.8) is 0 Å². The maximum atomic E-state index is 14.9. The van der Waals surface area contributed by atoms with Gasteiger partial charge < -0.3 is 4.90 Å². The molecule has 180 valence electrons. The van der Waals surface area contributed by atoms with Crippen molar-refractivity contribution in [1.82, 2.24) is 24.9 Å². The number of carbonyl (C=O) groups excluding carboxylic acids is 1. The Bertz CT molecular complexity index is 1150. The second-order valence-electron chi connectivity index (χ2n) is 8.33. The second-order valence-corrected chi connectivity index (χ2v) is 8.33. The molecule has 1 saturated heterocycles. The standard InChI is InChI=1S/C23H22F5N5O/c1-14-3-2-12-32(18(14)8-6-16-5-4-15(13-29-16)23(26,27)28)22(34)20-19(33-30-10-11-31-33)9-7-17(24)21(20)25/h4-5,7,9-11,13-14,18H,2-3,6,8,12H2,1H3/t14-,18-/m1/s1. The van der Waals surface area contributed by atoms with E-state index in [0.717, 1.165) is 29.5 Å². The Labute approximate surface area is 192 Å². The van der Waals surface area contributed by atoms with Gasteiger partial charge >= 0.3 is 6.18 Å². The molecule has 3 aromatic rings. The number of nitrogens with zero attached hydrogens (tertiary/aromatic N) is 5. The summed E-state index contributed by atoms with van der Waals surface area (Å²) < 4.78 is 67.4. The van der Waals surface area contributed by atoms with Crippen molar-refractivity contribution in [2.24, 2.45) is 5.92 Å². The molecular weight excluding hydrogens is 457 g/mol. The first-order valence-electron chi connectivity index (χ1n) is 10.8. The lowest BCUT2D eigenvalue weighted by Crippen LogP contribution is -2.48. The fourth-order valence-corrected chi connectivity index (χ4v) is 4.37. The lowest BCUT2D eigenvalue weighted by molar-refractivity contribution is -0.137. The summed E-state index contributed by atoms with van der Waals surface area (Å²) in [4.78, 5) is 20.0. The van der Waals surface area contributed by atoms with Crippen LogP contribution < -0.4 is 0 Å². The minimum absolute atomic E-state index is 0.0234. The Balaban J connectivity index is 1.59. The van der Waals surface area contributed by atoms with Crippen LogP contribution in [-0.2, 0) is 12.6 Å². The minimum atomic E-state index is -4.47. The third-order valence-electron chi connectivity index (χ3n) is 6.15. The zero-order valence-corrected chi connectivity index (χ0v) is 18.3. The number of likely N-dealkylation sites (tertiary alicyclic amines) is 1. The zero-order chi connectivity index (χ0) is 24.5. The average molecular weight is 479 g/mol. The van der Waals surface area contributed by atoms with E-state index in [-0.39, 0.29) is 17.6 Å². The monoisotopic (exact) mass is 479 g/mol. The third-order valence-corrected chi connectivity index (χ3v) is 6.15. The van der Waals surface area contributed by atoms with Crippen molar-refractivity contribution in [3.8, 4) is 5.69 Å². The third kappa shape index (κ3) is 4.78. The number of hydrogen-bond donors (Lipinski definition) is 0. The lowest BCUT2D eigenvalue weighted by atomic mass is 9.86. The van der Waals surface area contributed by atoms with Gasteiger partial charge in [0.15, 0.2) is 11.6 Å². The molecule has 0 aliphatic carbocycles. The molecule has 11 heteroatoms. The Kier molecular flexibility index (Phi) is 6.63. The Morgan fingerprint density at radius 2 is 1.85 bits per heavy atom. The largest absolute Gasteiger partial charge is 0.417 e. The molecule has 0 radical (unpaired) electrons. The summed E-state index contributed by atoms with van der Waals surface area (Å²) in [7, 11) is 0. The maximum Gasteiger partial charge on any atom is 0.417 e. The highest BCUT2D eigenvalue weighted by atomic mass is 19.4. The van der Waals surface area contributed by atoms with Crippen LogP contribution >= 0.6 is 0 Å². The van der Waals surface area contributed by atoms with Gasteiger partial charge in [0.2, 0.25) is 0 Å². The number of amides is 1. The summed E-state index contributed by atoms with van der Waals surface area (Å²) in [6.45, 7) is 2.30. The highest BCUT2D eigenvalue weighted by molar-refractivity contribution is 5.98. The predicted molar refractivity (Wildman–Crippen MR) is 112 cm³/mol. The Morgan fingerprint density at radius 1 is 1.12 bits per heavy atom. The summed E-state index contributed by atoms with van der Waals surface area (Å²) >= 11 is 0. The molecular formula is C23H22F5N5O. The van der Waals surface area contributed by atoms with Crippen molar-refractivity contribution < 1.29 is 26.7 Å². The molecule has 1 aliphatic heterocycles. The van der Waals surface area contributed by atoms with Crippen LogP contribution in [0.4, 0.5) is 22.0 Å². The molecule has 2 atom stereocenters. The average Bonchev–Trinajstić information content (AvgIpc) is 3.34. The number of alkyl halides is 3. The van der Waals surface area contributed by atoms with Crippen LogP contribution in [0, 0.1) is 17.6 Å². The molecule has 34 heavy (non-hydrogen) atoms. The van der Waals surface area contributed by atoms with E-state index in [1.54, 1.807) is 0 Å². The first-order valence-corrected chi connectivity index (χ1v) is 10.8. The van der Waals surface area contributed by atoms with Gasteiger partial charge in [-0.25, -0.2) is 8.78 Å². The first kappa shape index (κ1) is 23.8. The van der Waals surface area contributed by atoms with Crippen LogP contribution in [0.3, 0.4) is 0 Å². The number of aromatic nitrogens is 4. The highest BCUT2D eigenvalue weighted by Gasteiger charge is 2.36. The molecule has 0 spiro atoms. The Morgan fingerprint density at radius 3 is 2.50 bits per heavy atom. The molecule has 2 aromatic heterocycles. The number of rotatable bonds is 5. The van der Waals surface area contributed by atoms with Gasteiger partial charge in [-0.05, 0) is 55.9 Å². The first-order chi connectivity index (χ1) is 16.2. The van der Waals surface area contributed by atoms with Crippen LogP contribution in [0.25, 0.3) is 5.69 Å². The van der Waals surface area contributed by atoms with E-state index in [0.29, 0.717) is 31.5 Å². The predicted octanol–water partition coefficient (Wildman–Crippen LogP) is 4.83. The topological polar surface area (TPSA) is 63.9 Å². The summed E-state index contributed by atoms with van der Waals surface area (Å²) in [5, 5.41) is 7.87. The molecule has 1 aromatic carbocycles. The van der Waals surface area contributed by atoms with Crippen LogP contribution in [0.5, 0.6) is 0 Å². The summed E-state index contributed by atoms with van der Waals surface area (Å²) in [5.74, 6) is -3.06. The van der Waals surface area contributed by atoms with E-state index >= 15 is 0 Å². The van der Waals surface area contributed by atoms with E-state index in [4.69, 9.17) is 0 Å². The van der Waals surface area contributed by atoms with Crippen LogP contribution in [0.15, 0.2) is 42.9 Å². The van der Waals surface area contributed by atoms with Crippen molar-refractivity contribution in [2.75, 3.05) is 6.54 Å². The fourth-order valence-electron chi connectivity index (χ4n) is 4.37. The SMILES string of the molecule is C[C@@H]1CCCN(C(=O)c2c(-n3nccn3)ccc(F)c2F)[C@@H]1CCc1ccc(C(F)(F)F)cn1. The molecule has 1 aliphatic rings. The molecule has 0 N–H and O–H groups in total. The van der Waals surface area contributed by atoms with E-state index in [2.05, 4.69) is 15.2 Å². The highest BCUT2D eigenvalue weighted by Crippen LogP contribution is 2.31. The van der Waals surface area contributed by atoms with E-state index in [9.17, 15) is 26.7 Å². The molecule has 0 saturated carbocycles. The molecule has 1 fully saturated rings. The summed E-state index contributed by atoms with van der Waals surface area (Å²) in [6, 6.07) is 4.13. The van der Waals surface area contributed by atoms with Crippen molar-refractivity contribution >= 4 is 5.91 Å². The summed E-state index contributed by atoms with van der Waals surface area (Å²) in [6.07, 6.45) is 1.30. The smallest absolute Gasteiger partial charge is 0.335 e. The van der Waals surface area contributed by atoms with Crippen LogP contribution in [0.1, 0.15) is 47.8 Å². The number of piperidine rings is 1.